The van der Waals surface area contributed by atoms with Crippen molar-refractivity contribution in [3.8, 4) is 61.3 Å². The average Bonchev–Trinajstić information content (AvgIpc) is 3.58. The lowest BCUT2D eigenvalue weighted by Gasteiger charge is -2.24. The highest BCUT2D eigenvalue weighted by Crippen LogP contribution is 2.47. The van der Waals surface area contributed by atoms with E-state index in [0.29, 0.717) is 11.8 Å². The molecule has 2 unspecified atom stereocenters. The highest BCUT2D eigenvalue weighted by Gasteiger charge is 2.29. The van der Waals surface area contributed by atoms with E-state index in [9.17, 15) is 0 Å². The summed E-state index contributed by atoms with van der Waals surface area (Å²) in [4.78, 5) is 0. The van der Waals surface area contributed by atoms with Gasteiger partial charge in [-0.25, -0.2) is 0 Å². The van der Waals surface area contributed by atoms with Crippen molar-refractivity contribution in [1.82, 2.24) is 4.57 Å². The second-order valence-electron chi connectivity index (χ2n) is 16.1. The van der Waals surface area contributed by atoms with E-state index in [1.165, 1.54) is 99.8 Å². The first-order chi connectivity index (χ1) is 29.2. The normalized spacial score (nSPS) is 14.8. The molecule has 11 rings (SSSR count). The highest BCUT2D eigenvalue weighted by atomic mass is 15.0. The topological polar surface area (TPSA) is 4.93 Å². The van der Waals surface area contributed by atoms with Crippen molar-refractivity contribution in [2.45, 2.75) is 25.2 Å². The zero-order valence-corrected chi connectivity index (χ0v) is 33.1. The van der Waals surface area contributed by atoms with E-state index in [0.717, 1.165) is 6.42 Å². The van der Waals surface area contributed by atoms with Crippen LogP contribution in [0.4, 0.5) is 0 Å². The third kappa shape index (κ3) is 6.27. The van der Waals surface area contributed by atoms with Crippen LogP contribution < -0.4 is 0 Å². The molecule has 0 bridgehead atoms. The zero-order valence-electron chi connectivity index (χ0n) is 33.1. The number of rotatable bonds is 6. The van der Waals surface area contributed by atoms with Crippen LogP contribution in [0.2, 0.25) is 0 Å². The first-order valence-electron chi connectivity index (χ1n) is 20.8. The molecule has 280 valence electrons. The van der Waals surface area contributed by atoms with Gasteiger partial charge in [0.25, 0.3) is 0 Å². The monoisotopic (exact) mass is 753 g/mol. The minimum absolute atomic E-state index is 0.344. The smallest absolute Gasteiger partial charge is 0.0541 e. The molecule has 0 N–H and O–H groups in total. The van der Waals surface area contributed by atoms with Crippen molar-refractivity contribution in [2.24, 2.45) is 0 Å². The van der Waals surface area contributed by atoms with Crippen LogP contribution in [0.5, 0.6) is 0 Å². The van der Waals surface area contributed by atoms with Crippen molar-refractivity contribution < 1.29 is 0 Å². The summed E-state index contributed by atoms with van der Waals surface area (Å²) in [7, 11) is 0. The molecule has 0 saturated carbocycles. The van der Waals surface area contributed by atoms with E-state index in [1.54, 1.807) is 0 Å². The van der Waals surface area contributed by atoms with Gasteiger partial charge in [-0.2, -0.15) is 0 Å². The Labute approximate surface area is 346 Å². The van der Waals surface area contributed by atoms with Gasteiger partial charge in [0.2, 0.25) is 0 Å². The molecule has 0 radical (unpaired) electrons. The number of benzene rings is 9. The standard InChI is InChI=1S/C58H43N/c1-39-51-34-30-47(48-31-35-58-56(37-48)53-18-10-11-19-57(53)59(58)50-32-28-45(29-33-50)41-14-6-3-7-15-41)36-55(51)52-17-9-8-16-49(52)38-54(39)46-26-24-44(25-27-46)43-22-20-42(21-23-43)40-12-4-2-5-13-40/h2-37,39,54H,38H2,1H3. The molecule has 10 aromatic rings. The van der Waals surface area contributed by atoms with Crippen LogP contribution in [0.3, 0.4) is 0 Å². The number of aromatic nitrogens is 1. The van der Waals surface area contributed by atoms with Gasteiger partial charge in [0.1, 0.15) is 0 Å². The van der Waals surface area contributed by atoms with Gasteiger partial charge in [-0.1, -0.05) is 189 Å². The van der Waals surface area contributed by atoms with Crippen LogP contribution in [0.15, 0.2) is 218 Å². The van der Waals surface area contributed by atoms with Crippen LogP contribution >= 0.6 is 0 Å². The minimum atomic E-state index is 0.344. The molecule has 1 aliphatic rings. The maximum Gasteiger partial charge on any atom is 0.0541 e. The SMILES string of the molecule is CC1c2ccc(-c3ccc4c(c3)c3ccccc3n4-c3ccc(-c4ccccc4)cc3)cc2-c2ccccc2CC1c1ccc(-c2ccc(-c3ccccc3)cc2)cc1. The minimum Gasteiger partial charge on any atom is -0.309 e. The third-order valence-corrected chi connectivity index (χ3v) is 12.8. The molecule has 0 saturated heterocycles. The van der Waals surface area contributed by atoms with Gasteiger partial charge in [0, 0.05) is 16.5 Å². The van der Waals surface area contributed by atoms with E-state index in [1.807, 2.05) is 0 Å². The van der Waals surface area contributed by atoms with Crippen molar-refractivity contribution in [3.05, 3.63) is 235 Å². The number of fused-ring (bicyclic) bond motifs is 6. The second kappa shape index (κ2) is 14.6. The van der Waals surface area contributed by atoms with Crippen LogP contribution in [-0.2, 0) is 6.42 Å². The lowest BCUT2D eigenvalue weighted by atomic mass is 9.79. The fourth-order valence-electron chi connectivity index (χ4n) is 9.64. The number of hydrogen-bond donors (Lipinski definition) is 0. The zero-order chi connectivity index (χ0) is 39.3. The van der Waals surface area contributed by atoms with Gasteiger partial charge in [-0.15, -0.1) is 0 Å². The summed E-state index contributed by atoms with van der Waals surface area (Å²) in [5.74, 6) is 0.707. The second-order valence-corrected chi connectivity index (χ2v) is 16.1. The lowest BCUT2D eigenvalue weighted by molar-refractivity contribution is 0.579. The fourth-order valence-corrected chi connectivity index (χ4v) is 9.64. The van der Waals surface area contributed by atoms with E-state index in [2.05, 4.69) is 230 Å². The van der Waals surface area contributed by atoms with Gasteiger partial charge in [-0.05, 0) is 127 Å². The molecule has 9 aromatic carbocycles. The fraction of sp³-hybridized carbons (Fsp3) is 0.0690. The first-order valence-corrected chi connectivity index (χ1v) is 20.8. The Bertz CT molecular complexity index is 3100. The molecule has 0 aliphatic heterocycles. The molecule has 1 nitrogen and oxygen atoms in total. The Balaban J connectivity index is 0.932. The van der Waals surface area contributed by atoms with Crippen LogP contribution in [0.1, 0.15) is 35.4 Å². The summed E-state index contributed by atoms with van der Waals surface area (Å²) in [6, 6.07) is 80.6. The molecular formula is C58H43N. The molecule has 1 heteroatoms. The van der Waals surface area contributed by atoms with E-state index in [-0.39, 0.29) is 0 Å². The predicted octanol–water partition coefficient (Wildman–Crippen LogP) is 15.6. The van der Waals surface area contributed by atoms with Crippen molar-refractivity contribution in [3.63, 3.8) is 0 Å². The predicted molar refractivity (Wildman–Crippen MR) is 249 cm³/mol. The third-order valence-electron chi connectivity index (χ3n) is 12.8. The molecule has 2 atom stereocenters. The van der Waals surface area contributed by atoms with Crippen molar-refractivity contribution in [2.75, 3.05) is 0 Å². The maximum atomic E-state index is 2.46. The van der Waals surface area contributed by atoms with Crippen molar-refractivity contribution >= 4 is 21.8 Å². The molecule has 59 heavy (non-hydrogen) atoms. The quantitative estimate of drug-likeness (QED) is 0.159. The van der Waals surface area contributed by atoms with Crippen molar-refractivity contribution in [1.29, 1.82) is 0 Å². The van der Waals surface area contributed by atoms with Crippen LogP contribution in [0, 0.1) is 0 Å². The number of hydrogen-bond acceptors (Lipinski definition) is 0. The molecular weight excluding hydrogens is 711 g/mol. The number of para-hydroxylation sites is 1. The Morgan fingerprint density at radius 1 is 0.373 bits per heavy atom. The van der Waals surface area contributed by atoms with Crippen LogP contribution in [-0.4, -0.2) is 4.57 Å². The molecule has 0 fully saturated rings. The summed E-state index contributed by atoms with van der Waals surface area (Å²) in [5, 5.41) is 2.54. The lowest BCUT2D eigenvalue weighted by Crippen LogP contribution is -2.10. The van der Waals surface area contributed by atoms with Gasteiger partial charge in [-0.3, -0.25) is 0 Å². The Morgan fingerprint density at radius 2 is 0.864 bits per heavy atom. The Morgan fingerprint density at radius 3 is 1.54 bits per heavy atom. The average molecular weight is 754 g/mol. The largest absolute Gasteiger partial charge is 0.309 e. The van der Waals surface area contributed by atoms with E-state index < -0.39 is 0 Å². The summed E-state index contributed by atoms with van der Waals surface area (Å²) in [6.45, 7) is 2.43. The Hall–Kier alpha value is -7.22. The number of nitrogens with zero attached hydrogens (tertiary/aromatic N) is 1. The van der Waals surface area contributed by atoms with Gasteiger partial charge >= 0.3 is 0 Å². The molecule has 1 aliphatic carbocycles. The van der Waals surface area contributed by atoms with E-state index >= 15 is 0 Å². The van der Waals surface area contributed by atoms with E-state index in [4.69, 9.17) is 0 Å². The Kier molecular flexibility index (Phi) is 8.67. The van der Waals surface area contributed by atoms with Gasteiger partial charge in [0.05, 0.1) is 11.0 Å². The first kappa shape index (κ1) is 35.0. The molecule has 1 heterocycles. The molecule has 0 amide bonds. The van der Waals surface area contributed by atoms with Gasteiger partial charge in [0.15, 0.2) is 0 Å². The van der Waals surface area contributed by atoms with Gasteiger partial charge < -0.3 is 4.57 Å². The maximum absolute atomic E-state index is 2.46. The highest BCUT2D eigenvalue weighted by molar-refractivity contribution is 6.10. The molecule has 0 spiro atoms. The van der Waals surface area contributed by atoms with Crippen LogP contribution in [0.25, 0.3) is 83.1 Å². The summed E-state index contributed by atoms with van der Waals surface area (Å²) in [5.41, 5.74) is 20.5. The summed E-state index contributed by atoms with van der Waals surface area (Å²) >= 11 is 0. The molecule has 1 aromatic heterocycles. The summed E-state index contributed by atoms with van der Waals surface area (Å²) in [6.07, 6.45) is 1.00. The summed E-state index contributed by atoms with van der Waals surface area (Å²) < 4.78 is 2.41.